The number of fused-ring (bicyclic) bond motifs is 5. The number of rotatable bonds is 1. The van der Waals surface area contributed by atoms with E-state index in [1.807, 2.05) is 0 Å². The monoisotopic (exact) mass is 399 g/mol. The highest BCUT2D eigenvalue weighted by Gasteiger charge is 2.65. The fraction of sp³-hybridized carbons (Fsp3) is 0.536. The molecule has 0 aliphatic heterocycles. The van der Waals surface area contributed by atoms with Crippen LogP contribution in [0.1, 0.15) is 77.3 Å². The van der Waals surface area contributed by atoms with Crippen LogP contribution < -0.4 is 0 Å². The summed E-state index contributed by atoms with van der Waals surface area (Å²) >= 11 is 0. The molecule has 0 saturated heterocycles. The summed E-state index contributed by atoms with van der Waals surface area (Å²) in [5.41, 5.74) is 5.24. The molecule has 0 radical (unpaired) electrons. The first kappa shape index (κ1) is 18.7. The molecule has 4 atom stereocenters. The molecule has 1 heterocycles. The number of aromatic amines is 1. The highest BCUT2D eigenvalue weighted by atomic mass is 16.1. The van der Waals surface area contributed by atoms with Gasteiger partial charge in [-0.25, -0.2) is 0 Å². The third kappa shape index (κ3) is 1.95. The van der Waals surface area contributed by atoms with Crippen molar-refractivity contribution in [3.8, 4) is 0 Å². The minimum Gasteiger partial charge on any atom is -0.355 e. The maximum Gasteiger partial charge on any atom is 0.143 e. The molecular weight excluding hydrogens is 366 g/mol. The highest BCUT2D eigenvalue weighted by molar-refractivity contribution is 6.08. The number of para-hydroxylation sites is 1. The molecule has 3 aromatic rings. The van der Waals surface area contributed by atoms with Crippen LogP contribution in [0.2, 0.25) is 0 Å². The van der Waals surface area contributed by atoms with Crippen molar-refractivity contribution in [1.82, 2.24) is 4.98 Å². The van der Waals surface area contributed by atoms with Crippen LogP contribution in [0.25, 0.3) is 21.8 Å². The van der Waals surface area contributed by atoms with Gasteiger partial charge in [-0.05, 0) is 84.1 Å². The maximum atomic E-state index is 13.9. The van der Waals surface area contributed by atoms with Gasteiger partial charge in [0.25, 0.3) is 0 Å². The van der Waals surface area contributed by atoms with Crippen LogP contribution in [0.5, 0.6) is 0 Å². The predicted octanol–water partition coefficient (Wildman–Crippen LogP) is 7.05. The summed E-state index contributed by atoms with van der Waals surface area (Å²) in [6.07, 6.45) is 6.36. The van der Waals surface area contributed by atoms with E-state index in [-0.39, 0.29) is 16.2 Å². The van der Waals surface area contributed by atoms with Crippen LogP contribution in [-0.4, -0.2) is 10.8 Å². The Labute approximate surface area is 179 Å². The summed E-state index contributed by atoms with van der Waals surface area (Å²) in [6, 6.07) is 13.5. The Morgan fingerprint density at radius 2 is 1.73 bits per heavy atom. The number of Topliss-reactive ketones (excluding diaryl/α,β-unsaturated/α-hetero) is 1. The second-order valence-electron chi connectivity index (χ2n) is 11.1. The van der Waals surface area contributed by atoms with Crippen LogP contribution in [0.4, 0.5) is 0 Å². The molecule has 0 unspecified atom stereocenters. The van der Waals surface area contributed by atoms with Crippen molar-refractivity contribution in [2.75, 3.05) is 0 Å². The van der Waals surface area contributed by atoms with Crippen molar-refractivity contribution < 1.29 is 4.79 Å². The van der Waals surface area contributed by atoms with E-state index in [1.165, 1.54) is 45.8 Å². The highest BCUT2D eigenvalue weighted by Crippen LogP contribution is 2.68. The van der Waals surface area contributed by atoms with Crippen molar-refractivity contribution >= 4 is 27.6 Å². The molecule has 2 nitrogen and oxygen atoms in total. The summed E-state index contributed by atoms with van der Waals surface area (Å²) in [4.78, 5) is 17.6. The van der Waals surface area contributed by atoms with Gasteiger partial charge in [0, 0.05) is 28.2 Å². The van der Waals surface area contributed by atoms with Crippen molar-refractivity contribution in [3.63, 3.8) is 0 Å². The van der Waals surface area contributed by atoms with E-state index in [2.05, 4.69) is 69.1 Å². The fourth-order valence-corrected chi connectivity index (χ4v) is 7.93. The topological polar surface area (TPSA) is 32.9 Å². The van der Waals surface area contributed by atoms with Gasteiger partial charge in [-0.3, -0.25) is 4.79 Å². The van der Waals surface area contributed by atoms with Gasteiger partial charge in [0.2, 0.25) is 0 Å². The first-order valence-electron chi connectivity index (χ1n) is 11.9. The van der Waals surface area contributed by atoms with Gasteiger partial charge in [0.1, 0.15) is 5.78 Å². The second kappa shape index (κ2) is 5.78. The average molecular weight is 400 g/mol. The normalized spacial score (nSPS) is 35.6. The summed E-state index contributed by atoms with van der Waals surface area (Å²) in [6.45, 7) is 9.68. The van der Waals surface area contributed by atoms with E-state index in [4.69, 9.17) is 0 Å². The van der Waals surface area contributed by atoms with Crippen LogP contribution in [0, 0.1) is 17.3 Å². The van der Waals surface area contributed by atoms with Crippen molar-refractivity contribution in [2.24, 2.45) is 17.3 Å². The molecule has 4 aliphatic rings. The Bertz CT molecular complexity index is 1200. The lowest BCUT2D eigenvalue weighted by Crippen LogP contribution is -2.57. The van der Waals surface area contributed by atoms with Crippen LogP contribution >= 0.6 is 0 Å². The quantitative estimate of drug-likeness (QED) is 0.467. The first-order valence-corrected chi connectivity index (χ1v) is 11.9. The number of aromatic nitrogens is 1. The van der Waals surface area contributed by atoms with E-state index in [0.29, 0.717) is 17.6 Å². The van der Waals surface area contributed by atoms with Crippen LogP contribution in [-0.2, 0) is 15.6 Å². The lowest BCUT2D eigenvalue weighted by molar-refractivity contribution is -0.138. The Kier molecular flexibility index (Phi) is 3.59. The van der Waals surface area contributed by atoms with E-state index in [0.717, 1.165) is 25.7 Å². The molecule has 2 bridgehead atoms. The molecule has 0 amide bonds. The number of nitrogens with one attached hydrogen (secondary N) is 1. The standard InChI is InChI=1S/C28H33NO/c1-17(2)27-12-11-26(4)18(3)9-10-25(30)28(26,14-13-27)22-15-20-19-7-5-6-8-23(19)29-24(20)16-21(22)27/h5-8,15-18,29H,9-14H2,1-4H3/t18-,26+,27+,28-/m1/s1. The number of ketones is 1. The van der Waals surface area contributed by atoms with E-state index < -0.39 is 0 Å². The smallest absolute Gasteiger partial charge is 0.143 e. The zero-order valence-corrected chi connectivity index (χ0v) is 18.8. The number of carbonyl (C=O) groups excluding carboxylic acids is 1. The molecule has 4 aliphatic carbocycles. The minimum atomic E-state index is -0.304. The molecule has 2 heteroatoms. The fourth-order valence-electron chi connectivity index (χ4n) is 7.93. The molecule has 2 aromatic carbocycles. The number of hydrogen-bond donors (Lipinski definition) is 1. The number of carbonyl (C=O) groups is 1. The van der Waals surface area contributed by atoms with Gasteiger partial charge >= 0.3 is 0 Å². The summed E-state index contributed by atoms with van der Waals surface area (Å²) < 4.78 is 0. The molecule has 2 saturated carbocycles. The van der Waals surface area contributed by atoms with Gasteiger partial charge in [0.15, 0.2) is 0 Å². The Balaban J connectivity index is 1.77. The predicted molar refractivity (Wildman–Crippen MR) is 124 cm³/mol. The Morgan fingerprint density at radius 3 is 2.53 bits per heavy atom. The van der Waals surface area contributed by atoms with Gasteiger partial charge in [-0.1, -0.05) is 45.9 Å². The number of H-pyrrole nitrogens is 1. The third-order valence-corrected chi connectivity index (χ3v) is 10.1. The summed E-state index contributed by atoms with van der Waals surface area (Å²) in [5, 5.41) is 2.57. The van der Waals surface area contributed by atoms with Gasteiger partial charge < -0.3 is 4.98 Å². The van der Waals surface area contributed by atoms with Crippen molar-refractivity contribution in [2.45, 2.75) is 77.0 Å². The molecule has 1 spiro atoms. The van der Waals surface area contributed by atoms with E-state index >= 15 is 0 Å². The number of benzene rings is 2. The van der Waals surface area contributed by atoms with Crippen molar-refractivity contribution in [3.05, 3.63) is 47.5 Å². The zero-order chi connectivity index (χ0) is 20.9. The van der Waals surface area contributed by atoms with Crippen molar-refractivity contribution in [1.29, 1.82) is 0 Å². The molecule has 7 rings (SSSR count). The lowest BCUT2D eigenvalue weighted by Gasteiger charge is -2.56. The maximum absolute atomic E-state index is 13.9. The Morgan fingerprint density at radius 1 is 0.967 bits per heavy atom. The molecular formula is C28H33NO. The Hall–Kier alpha value is -2.09. The van der Waals surface area contributed by atoms with Gasteiger partial charge in [-0.2, -0.15) is 0 Å². The first-order chi connectivity index (χ1) is 14.3. The van der Waals surface area contributed by atoms with E-state index in [9.17, 15) is 4.79 Å². The van der Waals surface area contributed by atoms with Crippen LogP contribution in [0.3, 0.4) is 0 Å². The molecule has 156 valence electrons. The summed E-state index contributed by atoms with van der Waals surface area (Å²) in [5.74, 6) is 1.68. The molecule has 1 N–H and O–H groups in total. The zero-order valence-electron chi connectivity index (χ0n) is 18.8. The second-order valence-corrected chi connectivity index (χ2v) is 11.1. The third-order valence-electron chi connectivity index (χ3n) is 10.1. The minimum absolute atomic E-state index is 0.0595. The lowest BCUT2D eigenvalue weighted by atomic mass is 9.46. The SMILES string of the molecule is CC(C)[C@@]12CC[C@]3(C(=O)CC[C@@H](C)[C@]3(C)CC1)c1cc3c(cc12)[nH]c1ccccc13. The average Bonchev–Trinajstić information content (AvgIpc) is 2.98. The van der Waals surface area contributed by atoms with Crippen LogP contribution in [0.15, 0.2) is 36.4 Å². The number of hydrogen-bond acceptors (Lipinski definition) is 1. The summed E-state index contributed by atoms with van der Waals surface area (Å²) in [7, 11) is 0. The molecule has 30 heavy (non-hydrogen) atoms. The van der Waals surface area contributed by atoms with Gasteiger partial charge in [0.05, 0.1) is 5.41 Å². The molecule has 2 fully saturated rings. The molecule has 1 aromatic heterocycles. The largest absolute Gasteiger partial charge is 0.355 e. The van der Waals surface area contributed by atoms with E-state index in [1.54, 1.807) is 0 Å². The van der Waals surface area contributed by atoms with Gasteiger partial charge in [-0.15, -0.1) is 0 Å².